The summed E-state index contributed by atoms with van der Waals surface area (Å²) in [5, 5.41) is 0. The molecule has 0 amide bonds. The van der Waals surface area contributed by atoms with Crippen LogP contribution in [0.3, 0.4) is 0 Å². The molecular weight excluding hydrogens is 208 g/mol. The van der Waals surface area contributed by atoms with Gasteiger partial charge in [0.15, 0.2) is 0 Å². The maximum Gasteiger partial charge on any atom is 0.142 e. The van der Waals surface area contributed by atoms with Crippen molar-refractivity contribution in [1.29, 1.82) is 0 Å². The Balaban J connectivity index is 2.60. The van der Waals surface area contributed by atoms with Crippen LogP contribution in [-0.2, 0) is 0 Å². The summed E-state index contributed by atoms with van der Waals surface area (Å²) in [5.74, 6) is 1.39. The fraction of sp³-hybridized carbons (Fsp3) is 0.182. The molecule has 78 valence electrons. The van der Waals surface area contributed by atoms with E-state index in [2.05, 4.69) is 11.1 Å². The summed E-state index contributed by atoms with van der Waals surface area (Å²) < 4.78 is 5.30. The molecule has 2 N–H and O–H groups in total. The van der Waals surface area contributed by atoms with Gasteiger partial charge < -0.3 is 10.5 Å². The van der Waals surface area contributed by atoms with Crippen LogP contribution in [0.2, 0.25) is 0 Å². The van der Waals surface area contributed by atoms with Crippen LogP contribution in [0.5, 0.6) is 5.75 Å². The Labute approximate surface area is 92.5 Å². The van der Waals surface area contributed by atoms with E-state index in [0.717, 1.165) is 16.2 Å². The van der Waals surface area contributed by atoms with E-state index in [1.165, 1.54) is 16.9 Å². The summed E-state index contributed by atoms with van der Waals surface area (Å²) in [6, 6.07) is 6.02. The smallest absolute Gasteiger partial charge is 0.142 e. The number of methoxy groups -OCH3 is 1. The molecule has 3 nitrogen and oxygen atoms in total. The molecular formula is C11H12N2OS. The van der Waals surface area contributed by atoms with Gasteiger partial charge in [-0.05, 0) is 19.1 Å². The zero-order valence-corrected chi connectivity index (χ0v) is 9.47. The van der Waals surface area contributed by atoms with Crippen LogP contribution in [0.1, 0.15) is 5.56 Å². The van der Waals surface area contributed by atoms with Crippen molar-refractivity contribution in [3.8, 4) is 16.2 Å². The van der Waals surface area contributed by atoms with Crippen LogP contribution in [0.4, 0.5) is 5.82 Å². The summed E-state index contributed by atoms with van der Waals surface area (Å²) in [6.45, 7) is 2.04. The van der Waals surface area contributed by atoms with E-state index in [1.54, 1.807) is 12.6 Å². The predicted molar refractivity (Wildman–Crippen MR) is 63.3 cm³/mol. The highest BCUT2D eigenvalue weighted by molar-refractivity contribution is 7.13. The van der Waals surface area contributed by atoms with Gasteiger partial charge in [0.05, 0.1) is 17.5 Å². The molecule has 0 fully saturated rings. The molecule has 0 radical (unpaired) electrons. The average molecular weight is 220 g/mol. The molecule has 0 saturated heterocycles. The quantitative estimate of drug-likeness (QED) is 0.846. The first-order chi connectivity index (χ1) is 7.22. The summed E-state index contributed by atoms with van der Waals surface area (Å²) in [5.41, 5.74) is 9.72. The summed E-state index contributed by atoms with van der Waals surface area (Å²) in [7, 11) is 1.66. The maximum atomic E-state index is 5.79. The largest absolute Gasteiger partial charge is 0.496 e. The Morgan fingerprint density at radius 1 is 1.40 bits per heavy atom. The predicted octanol–water partition coefficient (Wildman–Crippen LogP) is 2.71. The first-order valence-electron chi connectivity index (χ1n) is 4.56. The van der Waals surface area contributed by atoms with Gasteiger partial charge in [-0.3, -0.25) is 0 Å². The van der Waals surface area contributed by atoms with Crippen molar-refractivity contribution in [1.82, 2.24) is 4.98 Å². The van der Waals surface area contributed by atoms with E-state index in [1.807, 2.05) is 19.1 Å². The maximum absolute atomic E-state index is 5.79. The van der Waals surface area contributed by atoms with E-state index < -0.39 is 0 Å². The monoisotopic (exact) mass is 220 g/mol. The zero-order chi connectivity index (χ0) is 10.8. The van der Waals surface area contributed by atoms with E-state index in [9.17, 15) is 0 Å². The number of rotatable bonds is 2. The number of hydrogen-bond donors (Lipinski definition) is 1. The van der Waals surface area contributed by atoms with E-state index in [-0.39, 0.29) is 0 Å². The molecule has 0 saturated carbocycles. The van der Waals surface area contributed by atoms with Gasteiger partial charge in [-0.15, -0.1) is 11.3 Å². The Morgan fingerprint density at radius 2 is 2.20 bits per heavy atom. The minimum atomic E-state index is 0.559. The Kier molecular flexibility index (Phi) is 2.60. The fourth-order valence-electron chi connectivity index (χ4n) is 1.46. The number of nitrogens with two attached hydrogens (primary N) is 1. The molecule has 0 aliphatic rings. The van der Waals surface area contributed by atoms with Gasteiger partial charge in [-0.2, -0.15) is 0 Å². The first kappa shape index (κ1) is 9.98. The Morgan fingerprint density at radius 3 is 2.80 bits per heavy atom. The topological polar surface area (TPSA) is 48.1 Å². The number of benzene rings is 1. The highest BCUT2D eigenvalue weighted by Gasteiger charge is 2.11. The lowest BCUT2D eigenvalue weighted by atomic mass is 10.1. The molecule has 4 heteroatoms. The van der Waals surface area contributed by atoms with Crippen molar-refractivity contribution < 1.29 is 4.74 Å². The molecule has 2 aromatic rings. The van der Waals surface area contributed by atoms with E-state index in [4.69, 9.17) is 10.5 Å². The number of anilines is 1. The number of thiazole rings is 1. The molecule has 2 rings (SSSR count). The lowest BCUT2D eigenvalue weighted by Gasteiger charge is -2.07. The summed E-state index contributed by atoms with van der Waals surface area (Å²) in [6.07, 6.45) is 0. The lowest BCUT2D eigenvalue weighted by molar-refractivity contribution is 0.416. The van der Waals surface area contributed by atoms with Gasteiger partial charge in [0, 0.05) is 5.56 Å². The Hall–Kier alpha value is -1.55. The minimum Gasteiger partial charge on any atom is -0.496 e. The second-order valence-electron chi connectivity index (χ2n) is 3.27. The van der Waals surface area contributed by atoms with Crippen molar-refractivity contribution >= 4 is 17.2 Å². The third-order valence-corrected chi connectivity index (χ3v) is 3.07. The van der Waals surface area contributed by atoms with Crippen LogP contribution in [0.15, 0.2) is 23.7 Å². The van der Waals surface area contributed by atoms with Crippen molar-refractivity contribution in [2.75, 3.05) is 12.8 Å². The molecule has 1 heterocycles. The molecule has 1 aromatic carbocycles. The van der Waals surface area contributed by atoms with Crippen molar-refractivity contribution in [3.05, 3.63) is 29.3 Å². The molecule has 0 unspecified atom stereocenters. The second-order valence-corrected chi connectivity index (χ2v) is 4.13. The molecule has 1 aromatic heterocycles. The number of nitrogen functional groups attached to an aromatic ring is 1. The minimum absolute atomic E-state index is 0.559. The molecule has 0 aliphatic heterocycles. The normalized spacial score (nSPS) is 10.3. The van der Waals surface area contributed by atoms with Crippen molar-refractivity contribution in [3.63, 3.8) is 0 Å². The number of aromatic nitrogens is 1. The van der Waals surface area contributed by atoms with Crippen LogP contribution >= 0.6 is 11.3 Å². The van der Waals surface area contributed by atoms with Gasteiger partial charge in [-0.1, -0.05) is 11.6 Å². The molecule has 0 bridgehead atoms. The van der Waals surface area contributed by atoms with Crippen molar-refractivity contribution in [2.45, 2.75) is 6.92 Å². The van der Waals surface area contributed by atoms with E-state index in [0.29, 0.717) is 5.82 Å². The molecule has 0 aliphatic carbocycles. The second kappa shape index (κ2) is 3.90. The summed E-state index contributed by atoms with van der Waals surface area (Å²) >= 11 is 1.52. The number of hydrogen-bond acceptors (Lipinski definition) is 4. The number of aryl methyl sites for hydroxylation is 1. The molecule has 15 heavy (non-hydrogen) atoms. The number of nitrogens with zero attached hydrogens (tertiary/aromatic N) is 1. The van der Waals surface area contributed by atoms with Crippen LogP contribution < -0.4 is 10.5 Å². The van der Waals surface area contributed by atoms with Crippen LogP contribution in [-0.4, -0.2) is 12.1 Å². The molecule has 0 spiro atoms. The van der Waals surface area contributed by atoms with E-state index >= 15 is 0 Å². The fourth-order valence-corrected chi connectivity index (χ4v) is 2.19. The zero-order valence-electron chi connectivity index (χ0n) is 8.65. The highest BCUT2D eigenvalue weighted by atomic mass is 32.1. The Bertz CT molecular complexity index is 479. The highest BCUT2D eigenvalue weighted by Crippen LogP contribution is 2.36. The van der Waals surface area contributed by atoms with Crippen molar-refractivity contribution in [2.24, 2.45) is 0 Å². The van der Waals surface area contributed by atoms with Crippen LogP contribution in [0.25, 0.3) is 10.4 Å². The van der Waals surface area contributed by atoms with Crippen LogP contribution in [0, 0.1) is 6.92 Å². The third kappa shape index (κ3) is 1.80. The van der Waals surface area contributed by atoms with Gasteiger partial charge in [-0.25, -0.2) is 4.98 Å². The SMILES string of the molecule is COc1ccc(C)cc1-c1scnc1N. The lowest BCUT2D eigenvalue weighted by Crippen LogP contribution is -1.91. The first-order valence-corrected chi connectivity index (χ1v) is 5.44. The van der Waals surface area contributed by atoms with Gasteiger partial charge in [0.25, 0.3) is 0 Å². The molecule has 0 atom stereocenters. The summed E-state index contributed by atoms with van der Waals surface area (Å²) in [4.78, 5) is 5.01. The number of ether oxygens (including phenoxy) is 1. The third-order valence-electron chi connectivity index (χ3n) is 2.19. The average Bonchev–Trinajstić information content (AvgIpc) is 2.64. The standard InChI is InChI=1S/C11H12N2OS/c1-7-3-4-9(14-2)8(5-7)10-11(12)13-6-15-10/h3-6H,12H2,1-2H3. The van der Waals surface area contributed by atoms with Gasteiger partial charge in [0.2, 0.25) is 0 Å². The van der Waals surface area contributed by atoms with Gasteiger partial charge in [0.1, 0.15) is 11.6 Å². The van der Waals surface area contributed by atoms with Gasteiger partial charge >= 0.3 is 0 Å².